The molecule has 0 amide bonds. The molecule has 0 spiro atoms. The van der Waals surface area contributed by atoms with Crippen LogP contribution < -0.4 is 0 Å². The molecule has 0 aliphatic rings. The molecule has 0 saturated heterocycles. The normalized spacial score (nSPS) is 11.3. The lowest BCUT2D eigenvalue weighted by atomic mass is 10.4. The van der Waals surface area contributed by atoms with Crippen molar-refractivity contribution in [1.29, 1.82) is 0 Å². The summed E-state index contributed by atoms with van der Waals surface area (Å²) >= 11 is 4.99. The Morgan fingerprint density at radius 1 is 1.33 bits per heavy atom. The van der Waals surface area contributed by atoms with Gasteiger partial charge in [-0.15, -0.1) is 0 Å². The quantitative estimate of drug-likeness (QED) is 0.510. The fraction of sp³-hybridized carbons (Fsp3) is 0.857. The Balaban J connectivity index is 3.93. The Labute approximate surface area is 80.4 Å². The van der Waals surface area contributed by atoms with Crippen LogP contribution in [0, 0.1) is 0 Å². The largest absolute Gasteiger partial charge is 0.562 e. The Hall–Kier alpha value is 0.0269. The second kappa shape index (κ2) is 5.63. The lowest BCUT2D eigenvalue weighted by Crippen LogP contribution is -2.41. The van der Waals surface area contributed by atoms with Gasteiger partial charge in [0.05, 0.1) is 0 Å². The average molecular weight is 208 g/mol. The van der Waals surface area contributed by atoms with Crippen molar-refractivity contribution in [1.82, 2.24) is 0 Å². The van der Waals surface area contributed by atoms with Crippen molar-refractivity contribution in [3.8, 4) is 0 Å². The molecule has 0 aliphatic heterocycles. The third-order valence-electron chi connectivity index (χ3n) is 1.49. The van der Waals surface area contributed by atoms with Gasteiger partial charge in [0.15, 0.2) is 0 Å². The summed E-state index contributed by atoms with van der Waals surface area (Å²) in [7, 11) is 0.709. The van der Waals surface area contributed by atoms with Crippen molar-refractivity contribution in [3.63, 3.8) is 0 Å². The lowest BCUT2D eigenvalue weighted by Gasteiger charge is -2.22. The minimum Gasteiger partial charge on any atom is -0.495 e. The smallest absolute Gasteiger partial charge is 0.495 e. The molecule has 5 heteroatoms. The molecular formula is C7H16O3SSi. The summed E-state index contributed by atoms with van der Waals surface area (Å²) in [5.74, 6) is 0. The number of hydrogen-bond donors (Lipinski definition) is 0. The van der Waals surface area contributed by atoms with Crippen LogP contribution in [0.15, 0.2) is 0 Å². The summed E-state index contributed by atoms with van der Waals surface area (Å²) in [6.45, 7) is 3.86. The highest BCUT2D eigenvalue weighted by Gasteiger charge is 2.34. The van der Waals surface area contributed by atoms with E-state index in [9.17, 15) is 0 Å². The molecule has 0 heterocycles. The first-order valence-electron chi connectivity index (χ1n) is 3.90. The topological polar surface area (TPSA) is 27.7 Å². The highest BCUT2D eigenvalue weighted by atomic mass is 32.1. The maximum atomic E-state index is 5.40. The van der Waals surface area contributed by atoms with Gasteiger partial charge in [0.1, 0.15) is 5.05 Å². The van der Waals surface area contributed by atoms with E-state index in [1.165, 1.54) is 0 Å². The maximum Gasteiger partial charge on any atom is 0.562 e. The molecule has 0 aromatic heterocycles. The molecule has 3 nitrogen and oxygen atoms in total. The molecule has 0 unspecified atom stereocenters. The summed E-state index contributed by atoms with van der Waals surface area (Å²) in [5, 5.41) is 0.579. The molecule has 0 rings (SSSR count). The van der Waals surface area contributed by atoms with Gasteiger partial charge in [-0.3, -0.25) is 0 Å². The predicted octanol–water partition coefficient (Wildman–Crippen LogP) is 1.99. The Morgan fingerprint density at radius 3 is 2.17 bits per heavy atom. The summed E-state index contributed by atoms with van der Waals surface area (Å²) in [5.41, 5.74) is 0. The fourth-order valence-corrected chi connectivity index (χ4v) is 2.14. The van der Waals surface area contributed by atoms with Crippen molar-refractivity contribution in [2.24, 2.45) is 0 Å². The average Bonchev–Trinajstić information content (AvgIpc) is 2.05. The summed E-state index contributed by atoms with van der Waals surface area (Å²) in [6, 6.07) is 0. The molecule has 0 N–H and O–H groups in total. The van der Waals surface area contributed by atoms with Gasteiger partial charge in [-0.1, -0.05) is 6.92 Å². The predicted molar refractivity (Wildman–Crippen MR) is 54.2 cm³/mol. The molecule has 0 atom stereocenters. The lowest BCUT2D eigenvalue weighted by molar-refractivity contribution is 0.165. The van der Waals surface area contributed by atoms with E-state index < -0.39 is 8.80 Å². The van der Waals surface area contributed by atoms with Gasteiger partial charge in [0.2, 0.25) is 0 Å². The molecule has 0 aromatic carbocycles. The van der Waals surface area contributed by atoms with Crippen LogP contribution in [0.5, 0.6) is 0 Å². The first-order valence-corrected chi connectivity index (χ1v) is 6.53. The molecule has 0 aromatic rings. The second-order valence-electron chi connectivity index (χ2n) is 2.49. The van der Waals surface area contributed by atoms with Crippen molar-refractivity contribution in [2.45, 2.75) is 26.3 Å². The first kappa shape index (κ1) is 12.0. The zero-order valence-corrected chi connectivity index (χ0v) is 9.86. The van der Waals surface area contributed by atoms with Crippen LogP contribution in [0.3, 0.4) is 0 Å². The van der Waals surface area contributed by atoms with Crippen LogP contribution in [-0.2, 0) is 13.3 Å². The van der Waals surface area contributed by atoms with E-state index >= 15 is 0 Å². The van der Waals surface area contributed by atoms with Crippen LogP contribution in [0.4, 0.5) is 0 Å². The van der Waals surface area contributed by atoms with Crippen molar-refractivity contribution >= 4 is 26.1 Å². The molecule has 0 fully saturated rings. The second-order valence-corrected chi connectivity index (χ2v) is 5.70. The highest BCUT2D eigenvalue weighted by Crippen LogP contribution is 2.09. The van der Waals surface area contributed by atoms with Gasteiger partial charge in [0, 0.05) is 27.2 Å². The van der Waals surface area contributed by atoms with Crippen LogP contribution in [-0.4, -0.2) is 28.1 Å². The first-order chi connectivity index (χ1) is 5.58. The molecule has 0 aliphatic carbocycles. The maximum absolute atomic E-state index is 5.40. The minimum atomic E-state index is -2.44. The Morgan fingerprint density at radius 2 is 1.83 bits per heavy atom. The zero-order valence-electron chi connectivity index (χ0n) is 8.05. The highest BCUT2D eigenvalue weighted by molar-refractivity contribution is 7.80. The molecule has 0 bridgehead atoms. The van der Waals surface area contributed by atoms with Crippen LogP contribution in [0.25, 0.3) is 0 Å². The SMILES string of the molecule is CCCC(=S)O[Si](C)(OC)OC. The van der Waals surface area contributed by atoms with Crippen LogP contribution in [0.2, 0.25) is 6.55 Å². The van der Waals surface area contributed by atoms with E-state index in [1.807, 2.05) is 13.5 Å². The zero-order chi connectivity index (χ0) is 9.61. The van der Waals surface area contributed by atoms with Crippen LogP contribution in [0.1, 0.15) is 19.8 Å². The molecule has 0 saturated carbocycles. The van der Waals surface area contributed by atoms with E-state index in [0.29, 0.717) is 5.05 Å². The van der Waals surface area contributed by atoms with Crippen LogP contribution >= 0.6 is 12.2 Å². The van der Waals surface area contributed by atoms with Crippen molar-refractivity contribution in [2.75, 3.05) is 14.2 Å². The summed E-state index contributed by atoms with van der Waals surface area (Å²) in [6.07, 6.45) is 1.77. The molecule has 0 radical (unpaired) electrons. The van der Waals surface area contributed by atoms with Gasteiger partial charge in [-0.05, 0) is 18.6 Å². The van der Waals surface area contributed by atoms with Gasteiger partial charge in [-0.25, -0.2) is 0 Å². The van der Waals surface area contributed by atoms with E-state index in [2.05, 4.69) is 0 Å². The number of rotatable bonds is 5. The Kier molecular flexibility index (Phi) is 5.65. The van der Waals surface area contributed by atoms with Gasteiger partial charge < -0.3 is 13.3 Å². The van der Waals surface area contributed by atoms with E-state index in [4.69, 9.17) is 25.5 Å². The van der Waals surface area contributed by atoms with Gasteiger partial charge in [-0.2, -0.15) is 0 Å². The monoisotopic (exact) mass is 208 g/mol. The summed E-state index contributed by atoms with van der Waals surface area (Å²) < 4.78 is 15.6. The standard InChI is InChI=1S/C7H16O3SSi/c1-5-6-7(11)10-12(4,8-2)9-3/h5-6H2,1-4H3. The molecule has 72 valence electrons. The van der Waals surface area contributed by atoms with E-state index in [-0.39, 0.29) is 0 Å². The minimum absolute atomic E-state index is 0.579. The number of hydrogen-bond acceptors (Lipinski definition) is 4. The van der Waals surface area contributed by atoms with Gasteiger partial charge in [0.25, 0.3) is 0 Å². The van der Waals surface area contributed by atoms with Crippen molar-refractivity contribution in [3.05, 3.63) is 0 Å². The third-order valence-corrected chi connectivity index (χ3v) is 4.03. The molecule has 12 heavy (non-hydrogen) atoms. The number of thiocarbonyl (C=S) groups is 1. The van der Waals surface area contributed by atoms with Gasteiger partial charge >= 0.3 is 8.80 Å². The fourth-order valence-electron chi connectivity index (χ4n) is 0.629. The Bertz CT molecular complexity index is 148. The van der Waals surface area contributed by atoms with E-state index in [0.717, 1.165) is 12.8 Å². The molecular weight excluding hydrogens is 192 g/mol. The van der Waals surface area contributed by atoms with E-state index in [1.54, 1.807) is 14.2 Å². The third kappa shape index (κ3) is 4.15. The summed E-state index contributed by atoms with van der Waals surface area (Å²) in [4.78, 5) is 0. The van der Waals surface area contributed by atoms with Crippen molar-refractivity contribution < 1.29 is 13.3 Å².